The highest BCUT2D eigenvalue weighted by molar-refractivity contribution is 6.35. The van der Waals surface area contributed by atoms with E-state index in [1.54, 1.807) is 6.07 Å². The zero-order valence-electron chi connectivity index (χ0n) is 12.5. The molecule has 0 radical (unpaired) electrons. The van der Waals surface area contributed by atoms with Crippen molar-refractivity contribution in [3.8, 4) is 5.75 Å². The zero-order chi connectivity index (χ0) is 15.8. The van der Waals surface area contributed by atoms with Crippen molar-refractivity contribution in [1.82, 2.24) is 5.32 Å². The minimum absolute atomic E-state index is 0.175. The molecule has 0 aromatic heterocycles. The Morgan fingerprint density at radius 2 is 2.05 bits per heavy atom. The second kappa shape index (κ2) is 9.13. The van der Waals surface area contributed by atoms with Gasteiger partial charge in [-0.3, -0.25) is 4.79 Å². The summed E-state index contributed by atoms with van der Waals surface area (Å²) in [6, 6.07) is 3.44. The molecule has 0 aliphatic rings. The number of halogens is 2. The monoisotopic (exact) mass is 333 g/mol. The van der Waals surface area contributed by atoms with Crippen LogP contribution in [0.3, 0.4) is 0 Å². The van der Waals surface area contributed by atoms with Gasteiger partial charge in [0, 0.05) is 17.1 Å². The molecule has 4 nitrogen and oxygen atoms in total. The molecule has 0 aliphatic heterocycles. The van der Waals surface area contributed by atoms with Crippen LogP contribution in [0.1, 0.15) is 25.8 Å². The topological polar surface area (TPSA) is 47.6 Å². The van der Waals surface area contributed by atoms with Gasteiger partial charge in [-0.25, -0.2) is 0 Å². The SMILES string of the molecule is COC(=O)CCOc1c(Cl)cc(Cl)cc1CNCC(C)C. The van der Waals surface area contributed by atoms with Crippen LogP contribution in [0.2, 0.25) is 10.0 Å². The van der Waals surface area contributed by atoms with Gasteiger partial charge in [0.25, 0.3) is 0 Å². The Bertz CT molecular complexity index is 478. The Morgan fingerprint density at radius 1 is 1.33 bits per heavy atom. The van der Waals surface area contributed by atoms with Crippen molar-refractivity contribution in [3.05, 3.63) is 27.7 Å². The second-order valence-corrected chi connectivity index (χ2v) is 5.92. The molecule has 0 spiro atoms. The minimum atomic E-state index is -0.320. The molecule has 0 bridgehead atoms. The lowest BCUT2D eigenvalue weighted by atomic mass is 10.1. The van der Waals surface area contributed by atoms with E-state index < -0.39 is 0 Å². The summed E-state index contributed by atoms with van der Waals surface area (Å²) in [5.74, 6) is 0.782. The van der Waals surface area contributed by atoms with Crippen molar-refractivity contribution in [2.75, 3.05) is 20.3 Å². The van der Waals surface area contributed by atoms with Gasteiger partial charge in [0.1, 0.15) is 5.75 Å². The van der Waals surface area contributed by atoms with E-state index in [0.29, 0.717) is 28.3 Å². The maximum atomic E-state index is 11.1. The van der Waals surface area contributed by atoms with E-state index in [4.69, 9.17) is 27.9 Å². The number of ether oxygens (including phenoxy) is 2. The summed E-state index contributed by atoms with van der Waals surface area (Å²) >= 11 is 12.2. The zero-order valence-corrected chi connectivity index (χ0v) is 14.1. The van der Waals surface area contributed by atoms with Crippen LogP contribution in [-0.2, 0) is 16.1 Å². The summed E-state index contributed by atoms with van der Waals surface area (Å²) in [5.41, 5.74) is 0.873. The number of benzene rings is 1. The van der Waals surface area contributed by atoms with Crippen LogP contribution in [0.5, 0.6) is 5.75 Å². The standard InChI is InChI=1S/C15H21Cl2NO3/c1-10(2)8-18-9-11-6-12(16)7-13(17)15(11)21-5-4-14(19)20-3/h6-7,10,18H,4-5,8-9H2,1-3H3. The quantitative estimate of drug-likeness (QED) is 0.737. The molecule has 0 heterocycles. The predicted molar refractivity (Wildman–Crippen MR) is 85.1 cm³/mol. The van der Waals surface area contributed by atoms with E-state index in [-0.39, 0.29) is 19.0 Å². The number of rotatable bonds is 8. The summed E-state index contributed by atoms with van der Waals surface area (Å²) in [4.78, 5) is 11.1. The number of hydrogen-bond acceptors (Lipinski definition) is 4. The fourth-order valence-electron chi connectivity index (χ4n) is 1.74. The van der Waals surface area contributed by atoms with Gasteiger partial charge in [0.2, 0.25) is 0 Å². The van der Waals surface area contributed by atoms with Gasteiger partial charge in [-0.2, -0.15) is 0 Å². The highest BCUT2D eigenvalue weighted by Gasteiger charge is 2.12. The van der Waals surface area contributed by atoms with E-state index >= 15 is 0 Å². The van der Waals surface area contributed by atoms with Crippen molar-refractivity contribution < 1.29 is 14.3 Å². The molecule has 6 heteroatoms. The first-order valence-electron chi connectivity index (χ1n) is 6.82. The maximum absolute atomic E-state index is 11.1. The van der Waals surface area contributed by atoms with Gasteiger partial charge in [-0.1, -0.05) is 37.0 Å². The average Bonchev–Trinajstić information content (AvgIpc) is 2.40. The normalized spacial score (nSPS) is 10.8. The maximum Gasteiger partial charge on any atom is 0.308 e. The van der Waals surface area contributed by atoms with Gasteiger partial charge < -0.3 is 14.8 Å². The molecule has 0 unspecified atom stereocenters. The number of methoxy groups -OCH3 is 1. The van der Waals surface area contributed by atoms with Gasteiger partial charge in [-0.15, -0.1) is 0 Å². The highest BCUT2D eigenvalue weighted by Crippen LogP contribution is 2.32. The fraction of sp³-hybridized carbons (Fsp3) is 0.533. The average molecular weight is 334 g/mol. The molecule has 1 rings (SSSR count). The molecule has 0 saturated carbocycles. The Morgan fingerprint density at radius 3 is 2.67 bits per heavy atom. The van der Waals surface area contributed by atoms with Crippen LogP contribution in [0, 0.1) is 5.92 Å². The third kappa shape index (κ3) is 6.55. The molecule has 1 aromatic carbocycles. The second-order valence-electron chi connectivity index (χ2n) is 5.08. The van der Waals surface area contributed by atoms with Crippen LogP contribution >= 0.6 is 23.2 Å². The summed E-state index contributed by atoms with van der Waals surface area (Å²) < 4.78 is 10.2. The molecule has 0 aliphatic carbocycles. The molecule has 0 atom stereocenters. The molecule has 21 heavy (non-hydrogen) atoms. The van der Waals surface area contributed by atoms with Crippen molar-refractivity contribution in [3.63, 3.8) is 0 Å². The first kappa shape index (κ1) is 18.1. The van der Waals surface area contributed by atoms with E-state index in [1.165, 1.54) is 7.11 Å². The van der Waals surface area contributed by atoms with Crippen LogP contribution in [-0.4, -0.2) is 26.2 Å². The number of esters is 1. The Hall–Kier alpha value is -0.970. The van der Waals surface area contributed by atoms with E-state index in [1.807, 2.05) is 6.07 Å². The largest absolute Gasteiger partial charge is 0.491 e. The predicted octanol–water partition coefficient (Wildman–Crippen LogP) is 3.68. The summed E-state index contributed by atoms with van der Waals surface area (Å²) in [7, 11) is 1.35. The van der Waals surface area contributed by atoms with Crippen molar-refractivity contribution in [2.24, 2.45) is 5.92 Å². The summed E-state index contributed by atoms with van der Waals surface area (Å²) in [6.45, 7) is 5.96. The number of nitrogens with one attached hydrogen (secondary N) is 1. The summed E-state index contributed by atoms with van der Waals surface area (Å²) in [5, 5.41) is 4.31. The van der Waals surface area contributed by atoms with E-state index in [9.17, 15) is 4.79 Å². The molecule has 0 fully saturated rings. The first-order chi connectivity index (χ1) is 9.93. The molecule has 118 valence electrons. The molecule has 0 saturated heterocycles. The number of carbonyl (C=O) groups excluding carboxylic acids is 1. The highest BCUT2D eigenvalue weighted by atomic mass is 35.5. The van der Waals surface area contributed by atoms with E-state index in [2.05, 4.69) is 23.9 Å². The third-order valence-electron chi connectivity index (χ3n) is 2.73. The molecule has 0 amide bonds. The summed E-state index contributed by atoms with van der Waals surface area (Å²) in [6.07, 6.45) is 0.175. The van der Waals surface area contributed by atoms with Gasteiger partial charge in [-0.05, 0) is 24.6 Å². The van der Waals surface area contributed by atoms with Crippen LogP contribution < -0.4 is 10.1 Å². The lowest BCUT2D eigenvalue weighted by molar-refractivity contribution is -0.141. The Kier molecular flexibility index (Phi) is 7.86. The molecular weight excluding hydrogens is 313 g/mol. The van der Waals surface area contributed by atoms with Gasteiger partial charge in [0.05, 0.1) is 25.2 Å². The van der Waals surface area contributed by atoms with E-state index in [0.717, 1.165) is 12.1 Å². The number of hydrogen-bond donors (Lipinski definition) is 1. The third-order valence-corrected chi connectivity index (χ3v) is 3.23. The Balaban J connectivity index is 2.72. The number of carbonyl (C=O) groups is 1. The first-order valence-corrected chi connectivity index (χ1v) is 7.58. The van der Waals surface area contributed by atoms with Crippen LogP contribution in [0.25, 0.3) is 0 Å². The van der Waals surface area contributed by atoms with Gasteiger partial charge >= 0.3 is 5.97 Å². The van der Waals surface area contributed by atoms with Crippen molar-refractivity contribution in [2.45, 2.75) is 26.8 Å². The van der Waals surface area contributed by atoms with Crippen LogP contribution in [0.4, 0.5) is 0 Å². The van der Waals surface area contributed by atoms with Crippen molar-refractivity contribution in [1.29, 1.82) is 0 Å². The molecular formula is C15H21Cl2NO3. The van der Waals surface area contributed by atoms with Crippen molar-refractivity contribution >= 4 is 29.2 Å². The Labute approximate surface area is 135 Å². The lowest BCUT2D eigenvalue weighted by Gasteiger charge is -2.15. The van der Waals surface area contributed by atoms with Crippen LogP contribution in [0.15, 0.2) is 12.1 Å². The molecule has 1 aromatic rings. The minimum Gasteiger partial charge on any atom is -0.491 e. The van der Waals surface area contributed by atoms with Gasteiger partial charge in [0.15, 0.2) is 0 Å². The lowest BCUT2D eigenvalue weighted by Crippen LogP contribution is -2.19. The smallest absolute Gasteiger partial charge is 0.308 e. The molecule has 1 N–H and O–H groups in total. The fourth-order valence-corrected chi connectivity index (χ4v) is 2.33.